The Morgan fingerprint density at radius 3 is 1.13 bits per heavy atom. The number of carbonyl (C=O) groups excluding carboxylic acids is 6. The minimum atomic E-state index is -0.612. The molecule has 0 aromatic heterocycles. The van der Waals surface area contributed by atoms with Crippen LogP contribution in [0, 0.1) is 24.7 Å². The number of rotatable bonds is 31. The molecule has 3 unspecified atom stereocenters. The number of carbonyl (C=O) groups is 6. The first-order chi connectivity index (χ1) is 34.3. The third-order valence-corrected chi connectivity index (χ3v) is 12.1. The molecular weight excluding hydrogens is 901 g/mol. The van der Waals surface area contributed by atoms with Gasteiger partial charge >= 0.3 is 35.8 Å². The van der Waals surface area contributed by atoms with Crippen LogP contribution >= 0.6 is 0 Å². The molecule has 0 saturated carbocycles. The lowest BCUT2D eigenvalue weighted by molar-refractivity contribution is 0.0379. The minimum absolute atomic E-state index is 0.0550. The van der Waals surface area contributed by atoms with Crippen LogP contribution in [0.5, 0.6) is 0 Å². The van der Waals surface area contributed by atoms with E-state index in [2.05, 4.69) is 41.5 Å². The smallest absolute Gasteiger partial charge is 0.339 e. The Morgan fingerprint density at radius 2 is 0.732 bits per heavy atom. The van der Waals surface area contributed by atoms with Crippen molar-refractivity contribution in [2.45, 2.75) is 172 Å². The van der Waals surface area contributed by atoms with Gasteiger partial charge in [-0.3, -0.25) is 0 Å². The fraction of sp³-hybridized carbons (Fsp3) is 0.593. The molecular formula is C59H88O12. The Kier molecular flexibility index (Phi) is 35.0. The predicted octanol–water partition coefficient (Wildman–Crippen LogP) is 14.6. The van der Waals surface area contributed by atoms with E-state index in [9.17, 15) is 28.8 Å². The molecule has 0 fully saturated rings. The summed E-state index contributed by atoms with van der Waals surface area (Å²) in [6, 6.07) is 18.4. The molecule has 0 radical (unpaired) electrons. The van der Waals surface area contributed by atoms with E-state index in [-0.39, 0.29) is 52.2 Å². The molecule has 3 rings (SSSR count). The molecule has 12 nitrogen and oxygen atoms in total. The van der Waals surface area contributed by atoms with Crippen LogP contribution in [-0.2, 0) is 28.4 Å². The molecule has 12 heteroatoms. The van der Waals surface area contributed by atoms with Crippen LogP contribution in [0.2, 0.25) is 0 Å². The van der Waals surface area contributed by atoms with Crippen molar-refractivity contribution >= 4 is 35.8 Å². The number of ether oxygens (including phenoxy) is 6. The first-order valence-corrected chi connectivity index (χ1v) is 26.6. The van der Waals surface area contributed by atoms with Gasteiger partial charge in [0.25, 0.3) is 0 Å². The average molecular weight is 989 g/mol. The second-order valence-electron chi connectivity index (χ2n) is 17.9. The molecule has 3 atom stereocenters. The molecule has 3 aromatic rings. The predicted molar refractivity (Wildman–Crippen MR) is 281 cm³/mol. The van der Waals surface area contributed by atoms with Gasteiger partial charge in [0.15, 0.2) is 0 Å². The topological polar surface area (TPSA) is 158 Å². The van der Waals surface area contributed by atoms with E-state index in [4.69, 9.17) is 28.4 Å². The van der Waals surface area contributed by atoms with Crippen molar-refractivity contribution in [3.8, 4) is 0 Å². The molecule has 0 N–H and O–H groups in total. The summed E-state index contributed by atoms with van der Waals surface area (Å²) < 4.78 is 32.0. The van der Waals surface area contributed by atoms with Gasteiger partial charge in [0.2, 0.25) is 0 Å². The number of aryl methyl sites for hydroxylation is 1. The third-order valence-electron chi connectivity index (χ3n) is 12.1. The summed E-state index contributed by atoms with van der Waals surface area (Å²) in [5, 5.41) is 0. The summed E-state index contributed by atoms with van der Waals surface area (Å²) in [4.78, 5) is 74.3. The highest BCUT2D eigenvalue weighted by atomic mass is 16.6. The zero-order valence-corrected chi connectivity index (χ0v) is 45.0. The van der Waals surface area contributed by atoms with Crippen molar-refractivity contribution in [3.05, 3.63) is 106 Å². The van der Waals surface area contributed by atoms with E-state index in [0.29, 0.717) is 44.5 Å². The molecule has 0 aliphatic rings. The van der Waals surface area contributed by atoms with Gasteiger partial charge in [0.05, 0.1) is 73.0 Å². The van der Waals surface area contributed by atoms with Crippen molar-refractivity contribution < 1.29 is 57.2 Å². The van der Waals surface area contributed by atoms with Gasteiger partial charge in [0.1, 0.15) is 0 Å². The Morgan fingerprint density at radius 1 is 0.380 bits per heavy atom. The van der Waals surface area contributed by atoms with Crippen LogP contribution < -0.4 is 0 Å². The normalized spacial score (nSPS) is 11.8. The molecule has 3 aromatic carbocycles. The average Bonchev–Trinajstić information content (AvgIpc) is 3.39. The van der Waals surface area contributed by atoms with Crippen molar-refractivity contribution in [2.75, 3.05) is 39.6 Å². The third kappa shape index (κ3) is 25.4. The van der Waals surface area contributed by atoms with Crippen molar-refractivity contribution in [1.29, 1.82) is 0 Å². The lowest BCUT2D eigenvalue weighted by Gasteiger charge is -2.18. The molecule has 0 aliphatic heterocycles. The second kappa shape index (κ2) is 39.1. The number of unbranched alkanes of at least 4 members (excludes halogenated alkanes) is 5. The molecule has 0 aliphatic carbocycles. The van der Waals surface area contributed by atoms with E-state index >= 15 is 0 Å². The van der Waals surface area contributed by atoms with E-state index in [1.165, 1.54) is 18.2 Å². The van der Waals surface area contributed by atoms with Crippen LogP contribution in [0.3, 0.4) is 0 Å². The van der Waals surface area contributed by atoms with Crippen LogP contribution in [0.1, 0.15) is 233 Å². The van der Waals surface area contributed by atoms with E-state index in [1.807, 2.05) is 39.0 Å². The van der Waals surface area contributed by atoms with Crippen LogP contribution in [-0.4, -0.2) is 75.5 Å². The fourth-order valence-electron chi connectivity index (χ4n) is 7.16. The maximum atomic E-state index is 13.2. The molecule has 0 heterocycles. The van der Waals surface area contributed by atoms with E-state index in [0.717, 1.165) is 108 Å². The van der Waals surface area contributed by atoms with E-state index < -0.39 is 29.8 Å². The highest BCUT2D eigenvalue weighted by molar-refractivity contribution is 6.05. The van der Waals surface area contributed by atoms with Crippen LogP contribution in [0.15, 0.2) is 66.7 Å². The standard InChI is InChI=1S/C33H54O6.C16H22O4.C10H12O2/c1-7-13-16-25(10-4)22-37-31(34)28-19-20-29(32(35)38-23-26(11-5)17-14-8-2)30(21-28)33(36)39-24-27(12-6)18-15-9-3;1-3-5-11-19-15(17)13-9-7-8-10-14(13)16(18)20-12-6-4-2;1-3-12-10(11)9-7-5-4-6-8(9)2/h19-21,25-27H,7-18,22-24H2,1-6H3;7-10H,3-6,11-12H2,1-2H3;4-7H,3H2,1-2H3. The number of benzene rings is 3. The quantitative estimate of drug-likeness (QED) is 0.0342. The highest BCUT2D eigenvalue weighted by Crippen LogP contribution is 2.22. The SMILES string of the molecule is CCCCC(CC)COC(=O)c1ccc(C(=O)OCC(CC)CCCC)c(C(=O)OCC(CC)CCCC)c1.CCCCOC(=O)c1ccccc1C(=O)OCCCC.CCOC(=O)c1ccccc1C. The maximum Gasteiger partial charge on any atom is 0.339 e. The second-order valence-corrected chi connectivity index (χ2v) is 17.9. The lowest BCUT2D eigenvalue weighted by Crippen LogP contribution is -2.20. The molecule has 0 saturated heterocycles. The summed E-state index contributed by atoms with van der Waals surface area (Å²) in [5.41, 5.74) is 2.55. The fourth-order valence-corrected chi connectivity index (χ4v) is 7.16. The minimum Gasteiger partial charge on any atom is -0.462 e. The summed E-state index contributed by atoms with van der Waals surface area (Å²) in [6.07, 6.45) is 15.8. The van der Waals surface area contributed by atoms with Crippen LogP contribution in [0.4, 0.5) is 0 Å². The Bertz CT molecular complexity index is 1950. The molecule has 0 amide bonds. The first kappa shape index (κ1) is 63.5. The van der Waals surface area contributed by atoms with Crippen molar-refractivity contribution in [3.63, 3.8) is 0 Å². The summed E-state index contributed by atoms with van der Waals surface area (Å²) in [5.74, 6) is -2.02. The zero-order chi connectivity index (χ0) is 52.8. The number of hydrogen-bond donors (Lipinski definition) is 0. The van der Waals surface area contributed by atoms with Gasteiger partial charge in [-0.2, -0.15) is 0 Å². The van der Waals surface area contributed by atoms with Gasteiger partial charge in [-0.15, -0.1) is 0 Å². The van der Waals surface area contributed by atoms with Crippen molar-refractivity contribution in [1.82, 2.24) is 0 Å². The molecule has 0 spiro atoms. The monoisotopic (exact) mass is 989 g/mol. The summed E-state index contributed by atoms with van der Waals surface area (Å²) in [6.45, 7) is 22.5. The van der Waals surface area contributed by atoms with Gasteiger partial charge in [-0.25, -0.2) is 28.8 Å². The van der Waals surface area contributed by atoms with Gasteiger partial charge in [-0.1, -0.05) is 156 Å². The largest absolute Gasteiger partial charge is 0.462 e. The Balaban J connectivity index is 0.000000644. The van der Waals surface area contributed by atoms with Crippen LogP contribution in [0.25, 0.3) is 0 Å². The number of esters is 6. The Labute approximate surface area is 426 Å². The van der Waals surface area contributed by atoms with Gasteiger partial charge in [0, 0.05) is 0 Å². The van der Waals surface area contributed by atoms with E-state index in [1.54, 1.807) is 37.3 Å². The van der Waals surface area contributed by atoms with Crippen molar-refractivity contribution in [2.24, 2.45) is 17.8 Å². The maximum absolute atomic E-state index is 13.2. The summed E-state index contributed by atoms with van der Waals surface area (Å²) in [7, 11) is 0. The van der Waals surface area contributed by atoms with Gasteiger partial charge in [-0.05, 0) is 106 Å². The zero-order valence-electron chi connectivity index (χ0n) is 45.0. The molecule has 71 heavy (non-hydrogen) atoms. The first-order valence-electron chi connectivity index (χ1n) is 26.6. The number of hydrogen-bond acceptors (Lipinski definition) is 12. The lowest BCUT2D eigenvalue weighted by atomic mass is 10.00. The molecule has 0 bridgehead atoms. The van der Waals surface area contributed by atoms with Gasteiger partial charge < -0.3 is 28.4 Å². The highest BCUT2D eigenvalue weighted by Gasteiger charge is 2.25. The molecule has 396 valence electrons. The Hall–Kier alpha value is -5.52. The summed E-state index contributed by atoms with van der Waals surface area (Å²) >= 11 is 0.